The molecule has 0 radical (unpaired) electrons. The number of carboxylic acids is 1. The van der Waals surface area contributed by atoms with Gasteiger partial charge in [0, 0.05) is 6.07 Å². The molecule has 0 saturated heterocycles. The number of carboxylic acid groups (broad SMARTS) is 1. The van der Waals surface area contributed by atoms with E-state index in [1.165, 1.54) is 12.1 Å². The molecule has 0 unspecified atom stereocenters. The van der Waals surface area contributed by atoms with E-state index in [0.29, 0.717) is 12.0 Å². The zero-order valence-corrected chi connectivity index (χ0v) is 12.0. The number of allylic oxidation sites excluding steroid dienone is 2. The maximum Gasteiger partial charge on any atom is 0.307 e. The normalized spacial score (nSPS) is 20.4. The summed E-state index contributed by atoms with van der Waals surface area (Å²) in [5.74, 6) is -3.09. The average Bonchev–Trinajstić information content (AvgIpc) is 2.48. The highest BCUT2D eigenvalue weighted by atomic mass is 16.6. The fourth-order valence-electron chi connectivity index (χ4n) is 2.50. The van der Waals surface area contributed by atoms with E-state index in [1.54, 1.807) is 25.1 Å². The Labute approximate surface area is 126 Å². The van der Waals surface area contributed by atoms with Crippen molar-refractivity contribution in [1.82, 2.24) is 0 Å². The van der Waals surface area contributed by atoms with E-state index < -0.39 is 28.6 Å². The molecular formula is C15H16N2O5. The molecule has 22 heavy (non-hydrogen) atoms. The van der Waals surface area contributed by atoms with Crippen molar-refractivity contribution in [3.8, 4) is 0 Å². The summed E-state index contributed by atoms with van der Waals surface area (Å²) in [7, 11) is 0. The smallest absolute Gasteiger partial charge is 0.307 e. The van der Waals surface area contributed by atoms with E-state index in [4.69, 9.17) is 0 Å². The fraction of sp³-hybridized carbons (Fsp3) is 0.333. The van der Waals surface area contributed by atoms with Crippen LogP contribution in [0.1, 0.15) is 18.4 Å². The van der Waals surface area contributed by atoms with Gasteiger partial charge in [0.1, 0.15) is 5.69 Å². The summed E-state index contributed by atoms with van der Waals surface area (Å²) in [5, 5.41) is 22.7. The third-order valence-electron chi connectivity index (χ3n) is 3.69. The second-order valence-electron chi connectivity index (χ2n) is 5.26. The molecule has 1 aliphatic carbocycles. The van der Waals surface area contributed by atoms with Crippen LogP contribution in [0.5, 0.6) is 0 Å². The third-order valence-corrected chi connectivity index (χ3v) is 3.69. The topological polar surface area (TPSA) is 110 Å². The van der Waals surface area contributed by atoms with Crippen molar-refractivity contribution in [2.75, 3.05) is 5.32 Å². The summed E-state index contributed by atoms with van der Waals surface area (Å²) in [5.41, 5.74) is 0.583. The number of nitrogens with zero attached hydrogens (tertiary/aromatic N) is 1. The van der Waals surface area contributed by atoms with Crippen molar-refractivity contribution in [2.45, 2.75) is 19.8 Å². The monoisotopic (exact) mass is 304 g/mol. The molecule has 2 atom stereocenters. The van der Waals surface area contributed by atoms with Crippen LogP contribution < -0.4 is 5.32 Å². The fourth-order valence-corrected chi connectivity index (χ4v) is 2.50. The number of anilines is 1. The highest BCUT2D eigenvalue weighted by Gasteiger charge is 2.34. The van der Waals surface area contributed by atoms with Gasteiger partial charge < -0.3 is 10.4 Å². The van der Waals surface area contributed by atoms with Gasteiger partial charge in [-0.2, -0.15) is 0 Å². The highest BCUT2D eigenvalue weighted by molar-refractivity contribution is 5.97. The molecule has 7 heteroatoms. The van der Waals surface area contributed by atoms with Crippen LogP contribution in [-0.4, -0.2) is 21.9 Å². The minimum atomic E-state index is -1.04. The van der Waals surface area contributed by atoms with Gasteiger partial charge in [-0.3, -0.25) is 19.7 Å². The van der Waals surface area contributed by atoms with Crippen LogP contribution in [0, 0.1) is 28.9 Å². The second kappa shape index (κ2) is 6.38. The summed E-state index contributed by atoms with van der Waals surface area (Å²) in [6.45, 7) is 1.71. The Balaban J connectivity index is 2.23. The summed E-state index contributed by atoms with van der Waals surface area (Å²) in [4.78, 5) is 34.0. The lowest BCUT2D eigenvalue weighted by Gasteiger charge is -2.24. The summed E-state index contributed by atoms with van der Waals surface area (Å²) < 4.78 is 0. The van der Waals surface area contributed by atoms with Crippen LogP contribution >= 0.6 is 0 Å². The van der Waals surface area contributed by atoms with Gasteiger partial charge in [-0.25, -0.2) is 0 Å². The number of hydrogen-bond acceptors (Lipinski definition) is 4. The van der Waals surface area contributed by atoms with Crippen LogP contribution in [0.4, 0.5) is 11.4 Å². The molecular weight excluding hydrogens is 288 g/mol. The molecule has 1 aromatic carbocycles. The number of nitrogens with one attached hydrogen (secondary N) is 1. The zero-order valence-electron chi connectivity index (χ0n) is 12.0. The molecule has 1 aromatic rings. The summed E-state index contributed by atoms with van der Waals surface area (Å²) in [6, 6.07) is 4.48. The molecule has 1 amide bonds. The number of nitro benzene ring substituents is 1. The lowest BCUT2D eigenvalue weighted by atomic mass is 9.82. The molecule has 116 valence electrons. The maximum atomic E-state index is 12.3. The Kier molecular flexibility index (Phi) is 4.55. The standard InChI is InChI=1S/C15H16N2O5/c1-9-6-7-12(13(8-9)17(21)22)16-14(18)10-4-2-3-5-11(10)15(19)20/h2-3,6-8,10-11H,4-5H2,1H3,(H,16,18)(H,19,20)/t10-,11-/m0/s1. The van der Waals surface area contributed by atoms with E-state index in [2.05, 4.69) is 5.32 Å². The number of aryl methyl sites for hydroxylation is 1. The number of rotatable bonds is 4. The van der Waals surface area contributed by atoms with Crippen molar-refractivity contribution in [2.24, 2.45) is 11.8 Å². The molecule has 2 rings (SSSR count). The van der Waals surface area contributed by atoms with Crippen LogP contribution in [0.2, 0.25) is 0 Å². The van der Waals surface area contributed by atoms with Crippen molar-refractivity contribution in [3.05, 3.63) is 46.0 Å². The van der Waals surface area contributed by atoms with Crippen LogP contribution in [0.15, 0.2) is 30.4 Å². The first-order chi connectivity index (χ1) is 10.4. The Bertz CT molecular complexity index is 653. The molecule has 0 saturated carbocycles. The molecule has 0 aromatic heterocycles. The highest BCUT2D eigenvalue weighted by Crippen LogP contribution is 2.30. The predicted octanol–water partition coefficient (Wildman–Crippen LogP) is 2.51. The Hall–Kier alpha value is -2.70. The molecule has 2 N–H and O–H groups in total. The molecule has 0 heterocycles. The van der Waals surface area contributed by atoms with Crippen LogP contribution in [0.3, 0.4) is 0 Å². The first-order valence-corrected chi connectivity index (χ1v) is 6.84. The van der Waals surface area contributed by atoms with Gasteiger partial charge in [-0.15, -0.1) is 0 Å². The van der Waals surface area contributed by atoms with E-state index in [9.17, 15) is 24.8 Å². The minimum absolute atomic E-state index is 0.0827. The van der Waals surface area contributed by atoms with Gasteiger partial charge in [-0.1, -0.05) is 18.2 Å². The first-order valence-electron chi connectivity index (χ1n) is 6.84. The zero-order chi connectivity index (χ0) is 16.3. The van der Waals surface area contributed by atoms with Crippen LogP contribution in [0.25, 0.3) is 0 Å². The summed E-state index contributed by atoms with van der Waals surface area (Å²) in [6.07, 6.45) is 4.08. The van der Waals surface area contributed by atoms with Gasteiger partial charge in [0.15, 0.2) is 0 Å². The number of hydrogen-bond donors (Lipinski definition) is 2. The van der Waals surface area contributed by atoms with Crippen molar-refractivity contribution < 1.29 is 19.6 Å². The Morgan fingerprint density at radius 3 is 2.50 bits per heavy atom. The number of nitro groups is 1. The predicted molar refractivity (Wildman–Crippen MR) is 79.5 cm³/mol. The maximum absolute atomic E-state index is 12.3. The quantitative estimate of drug-likeness (QED) is 0.504. The number of amides is 1. The summed E-state index contributed by atoms with van der Waals surface area (Å²) >= 11 is 0. The van der Waals surface area contributed by atoms with Gasteiger partial charge in [0.05, 0.1) is 16.8 Å². The number of aliphatic carboxylic acids is 1. The first kappa shape index (κ1) is 15.7. The van der Waals surface area contributed by atoms with Gasteiger partial charge in [0.2, 0.25) is 5.91 Å². The molecule has 0 aliphatic heterocycles. The van der Waals surface area contributed by atoms with E-state index in [1.807, 2.05) is 0 Å². The molecule has 1 aliphatic rings. The van der Waals surface area contributed by atoms with Gasteiger partial charge in [-0.05, 0) is 31.4 Å². The van der Waals surface area contributed by atoms with Crippen molar-refractivity contribution in [3.63, 3.8) is 0 Å². The van der Waals surface area contributed by atoms with Crippen molar-refractivity contribution >= 4 is 23.3 Å². The van der Waals surface area contributed by atoms with Gasteiger partial charge in [0.25, 0.3) is 5.69 Å². The third kappa shape index (κ3) is 3.30. The number of carbonyl (C=O) groups excluding carboxylic acids is 1. The number of carbonyl (C=O) groups is 2. The SMILES string of the molecule is Cc1ccc(NC(=O)[C@H]2CC=CC[C@@H]2C(=O)O)c([N+](=O)[O-])c1. The van der Waals surface area contributed by atoms with Gasteiger partial charge >= 0.3 is 5.97 Å². The second-order valence-corrected chi connectivity index (χ2v) is 5.26. The Morgan fingerprint density at radius 2 is 1.91 bits per heavy atom. The molecule has 0 spiro atoms. The van der Waals surface area contributed by atoms with Crippen LogP contribution in [-0.2, 0) is 9.59 Å². The van der Waals surface area contributed by atoms with E-state index in [0.717, 1.165) is 0 Å². The number of benzene rings is 1. The molecule has 7 nitrogen and oxygen atoms in total. The molecule has 0 bridgehead atoms. The van der Waals surface area contributed by atoms with E-state index in [-0.39, 0.29) is 17.8 Å². The lowest BCUT2D eigenvalue weighted by molar-refractivity contribution is -0.384. The Morgan fingerprint density at radius 1 is 1.27 bits per heavy atom. The lowest BCUT2D eigenvalue weighted by Crippen LogP contribution is -2.34. The molecule has 0 fully saturated rings. The minimum Gasteiger partial charge on any atom is -0.481 e. The van der Waals surface area contributed by atoms with Crippen molar-refractivity contribution in [1.29, 1.82) is 0 Å². The largest absolute Gasteiger partial charge is 0.481 e. The van der Waals surface area contributed by atoms with E-state index >= 15 is 0 Å². The average molecular weight is 304 g/mol.